The van der Waals surface area contributed by atoms with Gasteiger partial charge in [-0.1, -0.05) is 48.5 Å². The molecule has 1 aliphatic rings. The van der Waals surface area contributed by atoms with Crippen LogP contribution in [0.4, 0.5) is 17.3 Å². The SMILES string of the molecule is F[B-](F)(F)F.c1ccc(-c2cc(-c3ccccc3)c3c([o+]2)CCCC3)cc1. The van der Waals surface area contributed by atoms with Crippen LogP contribution < -0.4 is 0 Å². The van der Waals surface area contributed by atoms with Crippen molar-refractivity contribution in [2.24, 2.45) is 0 Å². The largest absolute Gasteiger partial charge is 0.673 e. The summed E-state index contributed by atoms with van der Waals surface area (Å²) >= 11 is 0. The maximum Gasteiger partial charge on any atom is 0.673 e. The molecule has 3 aromatic rings. The van der Waals surface area contributed by atoms with Gasteiger partial charge in [-0.2, -0.15) is 0 Å². The fraction of sp³-hybridized carbons (Fsp3) is 0.190. The highest BCUT2D eigenvalue weighted by atomic mass is 19.5. The Kier molecular flexibility index (Phi) is 5.94. The maximum absolute atomic E-state index is 9.75. The van der Waals surface area contributed by atoms with Gasteiger partial charge in [0.2, 0.25) is 0 Å². The third-order valence-corrected chi connectivity index (χ3v) is 4.39. The number of hydrogen-bond acceptors (Lipinski definition) is 0. The van der Waals surface area contributed by atoms with Crippen LogP contribution in [0.2, 0.25) is 0 Å². The van der Waals surface area contributed by atoms with Gasteiger partial charge >= 0.3 is 18.8 Å². The summed E-state index contributed by atoms with van der Waals surface area (Å²) in [5.41, 5.74) is 5.17. The molecule has 0 unspecified atom stereocenters. The average molecular weight is 374 g/mol. The Hall–Kier alpha value is -2.63. The molecule has 0 saturated heterocycles. The van der Waals surface area contributed by atoms with Crippen molar-refractivity contribution >= 4 is 7.25 Å². The lowest BCUT2D eigenvalue weighted by Crippen LogP contribution is -2.05. The summed E-state index contributed by atoms with van der Waals surface area (Å²) in [4.78, 5) is 0. The third kappa shape index (κ3) is 5.42. The van der Waals surface area contributed by atoms with Crippen molar-refractivity contribution in [3.05, 3.63) is 78.1 Å². The lowest BCUT2D eigenvalue weighted by molar-refractivity contribution is 0.368. The van der Waals surface area contributed by atoms with Crippen molar-refractivity contribution in [3.63, 3.8) is 0 Å². The zero-order chi connectivity index (χ0) is 19.3. The number of rotatable bonds is 2. The first-order valence-electron chi connectivity index (χ1n) is 8.89. The van der Waals surface area contributed by atoms with Crippen LogP contribution in [0.25, 0.3) is 22.5 Å². The second kappa shape index (κ2) is 8.38. The van der Waals surface area contributed by atoms with E-state index >= 15 is 0 Å². The molecule has 27 heavy (non-hydrogen) atoms. The number of fused-ring (bicyclic) bond motifs is 1. The van der Waals surface area contributed by atoms with Crippen molar-refractivity contribution in [2.75, 3.05) is 0 Å². The molecule has 0 aliphatic heterocycles. The van der Waals surface area contributed by atoms with Gasteiger partial charge in [-0.25, -0.2) is 4.42 Å². The first kappa shape index (κ1) is 19.1. The summed E-state index contributed by atoms with van der Waals surface area (Å²) in [6, 6.07) is 23.3. The first-order chi connectivity index (χ1) is 12.9. The quantitative estimate of drug-likeness (QED) is 0.265. The minimum absolute atomic E-state index is 0.972. The number of benzene rings is 2. The summed E-state index contributed by atoms with van der Waals surface area (Å²) in [6.07, 6.45) is 4.66. The summed E-state index contributed by atoms with van der Waals surface area (Å²) in [5.74, 6) is 2.14. The Labute approximate surface area is 155 Å². The van der Waals surface area contributed by atoms with Crippen LogP contribution in [0.15, 0.2) is 71.1 Å². The smallest absolute Gasteiger partial charge is 0.418 e. The molecule has 2 aromatic carbocycles. The third-order valence-electron chi connectivity index (χ3n) is 4.39. The van der Waals surface area contributed by atoms with Crippen LogP contribution >= 0.6 is 0 Å². The van der Waals surface area contributed by atoms with Gasteiger partial charge in [0.25, 0.3) is 0 Å². The first-order valence-corrected chi connectivity index (χ1v) is 8.89. The van der Waals surface area contributed by atoms with Gasteiger partial charge in [0.15, 0.2) is 0 Å². The molecule has 0 spiro atoms. The molecule has 6 heteroatoms. The topological polar surface area (TPSA) is 11.3 Å². The van der Waals surface area contributed by atoms with Crippen molar-refractivity contribution < 1.29 is 21.7 Å². The molecule has 1 aliphatic carbocycles. The zero-order valence-corrected chi connectivity index (χ0v) is 14.7. The molecule has 0 amide bonds. The molecule has 1 heterocycles. The molecule has 0 atom stereocenters. The van der Waals surface area contributed by atoms with Crippen LogP contribution in [0, 0.1) is 0 Å². The lowest BCUT2D eigenvalue weighted by atomic mass is 9.89. The van der Waals surface area contributed by atoms with Crippen LogP contribution in [0.1, 0.15) is 24.2 Å². The van der Waals surface area contributed by atoms with Gasteiger partial charge in [-0.15, -0.1) is 0 Å². The van der Waals surface area contributed by atoms with E-state index in [1.165, 1.54) is 35.3 Å². The lowest BCUT2D eigenvalue weighted by Gasteiger charge is -2.13. The van der Waals surface area contributed by atoms with Crippen molar-refractivity contribution in [3.8, 4) is 22.5 Å². The Morgan fingerprint density at radius 2 is 1.22 bits per heavy atom. The average Bonchev–Trinajstić information content (AvgIpc) is 2.67. The summed E-state index contributed by atoms with van der Waals surface area (Å²) < 4.78 is 45.2. The normalized spacial score (nSPS) is 13.3. The van der Waals surface area contributed by atoms with E-state index in [4.69, 9.17) is 4.42 Å². The summed E-state index contributed by atoms with van der Waals surface area (Å²) in [7, 11) is -6.00. The second-order valence-electron chi connectivity index (χ2n) is 6.36. The Morgan fingerprint density at radius 3 is 1.81 bits per heavy atom. The van der Waals surface area contributed by atoms with Gasteiger partial charge < -0.3 is 17.3 Å². The monoisotopic (exact) mass is 374 g/mol. The fourth-order valence-electron chi connectivity index (χ4n) is 3.28. The predicted octanol–water partition coefficient (Wildman–Crippen LogP) is 7.07. The van der Waals surface area contributed by atoms with E-state index < -0.39 is 7.25 Å². The van der Waals surface area contributed by atoms with Crippen molar-refractivity contribution in [1.82, 2.24) is 0 Å². The van der Waals surface area contributed by atoms with Crippen LogP contribution in [-0.2, 0) is 12.8 Å². The minimum Gasteiger partial charge on any atom is -0.418 e. The van der Waals surface area contributed by atoms with Crippen LogP contribution in [-0.4, -0.2) is 7.25 Å². The van der Waals surface area contributed by atoms with Crippen LogP contribution in [0.3, 0.4) is 0 Å². The molecule has 4 rings (SSSR count). The molecule has 0 N–H and O–H groups in total. The molecule has 140 valence electrons. The van der Waals surface area contributed by atoms with Gasteiger partial charge in [0.05, 0.1) is 23.6 Å². The molecule has 0 saturated carbocycles. The van der Waals surface area contributed by atoms with E-state index in [1.54, 1.807) is 0 Å². The zero-order valence-electron chi connectivity index (χ0n) is 14.7. The van der Waals surface area contributed by atoms with E-state index in [0.717, 1.165) is 24.2 Å². The number of aryl methyl sites for hydroxylation is 1. The summed E-state index contributed by atoms with van der Waals surface area (Å²) in [5, 5.41) is 0. The number of halogens is 4. The van der Waals surface area contributed by atoms with E-state index in [0.29, 0.717) is 0 Å². The standard InChI is InChI=1S/C21H19O.BF4/c1-3-9-16(10-4-1)19-15-21(17-11-5-2-6-12-17)22-20-14-8-7-13-18(19)20;2-1(3,4)5/h1-6,9-12,15H,7-8,13-14H2;/q+1;-1. The van der Waals surface area contributed by atoms with Crippen molar-refractivity contribution in [1.29, 1.82) is 0 Å². The van der Waals surface area contributed by atoms with E-state index in [1.807, 2.05) is 6.07 Å². The second-order valence-corrected chi connectivity index (χ2v) is 6.36. The van der Waals surface area contributed by atoms with Gasteiger partial charge in [-0.3, -0.25) is 0 Å². The van der Waals surface area contributed by atoms with E-state index in [-0.39, 0.29) is 0 Å². The van der Waals surface area contributed by atoms with Crippen molar-refractivity contribution in [2.45, 2.75) is 25.7 Å². The van der Waals surface area contributed by atoms with Crippen LogP contribution in [0.5, 0.6) is 0 Å². The summed E-state index contributed by atoms with van der Waals surface area (Å²) in [6.45, 7) is 0. The molecule has 0 radical (unpaired) electrons. The highest BCUT2D eigenvalue weighted by Gasteiger charge is 2.27. The minimum atomic E-state index is -6.00. The Balaban J connectivity index is 0.000000376. The highest BCUT2D eigenvalue weighted by molar-refractivity contribution is 6.50. The molecule has 1 nitrogen and oxygen atoms in total. The fourth-order valence-corrected chi connectivity index (χ4v) is 3.28. The Morgan fingerprint density at radius 1 is 0.704 bits per heavy atom. The van der Waals surface area contributed by atoms with Gasteiger partial charge in [0, 0.05) is 5.56 Å². The molecular weight excluding hydrogens is 355 g/mol. The highest BCUT2D eigenvalue weighted by Crippen LogP contribution is 2.36. The molecule has 0 fully saturated rings. The molecule has 1 aromatic heterocycles. The molecular formula is C21H19BF4O. The Bertz CT molecular complexity index is 874. The van der Waals surface area contributed by atoms with E-state index in [9.17, 15) is 17.3 Å². The van der Waals surface area contributed by atoms with E-state index in [2.05, 4.69) is 60.7 Å². The van der Waals surface area contributed by atoms with Gasteiger partial charge in [-0.05, 0) is 37.0 Å². The maximum atomic E-state index is 9.75. The van der Waals surface area contributed by atoms with Gasteiger partial charge in [0.1, 0.15) is 0 Å². The molecule has 0 bridgehead atoms. The predicted molar refractivity (Wildman–Crippen MR) is 101 cm³/mol. The number of hydrogen-bond donors (Lipinski definition) is 0.